The molecule has 2 aromatic heterocycles. The van der Waals surface area contributed by atoms with Crippen LogP contribution in [0.5, 0.6) is 0 Å². The fraction of sp³-hybridized carbons (Fsp3) is 0.375. The van der Waals surface area contributed by atoms with E-state index in [0.717, 1.165) is 32.0 Å². The van der Waals surface area contributed by atoms with E-state index in [2.05, 4.69) is 25.4 Å². The fourth-order valence-electron chi connectivity index (χ4n) is 6.18. The van der Waals surface area contributed by atoms with Gasteiger partial charge in [0.25, 0.3) is 5.91 Å². The molecule has 4 heterocycles. The number of anilines is 2. The number of amides is 2. The number of ether oxygens (including phenoxy) is 1. The van der Waals surface area contributed by atoms with Crippen LogP contribution in [0.2, 0.25) is 0 Å². The molecule has 260 valence electrons. The number of alkyl halides is 3. The van der Waals surface area contributed by atoms with Crippen LogP contribution in [-0.4, -0.2) is 85.9 Å². The topological polar surface area (TPSA) is 138 Å². The summed E-state index contributed by atoms with van der Waals surface area (Å²) in [7, 11) is -2.56. The number of nitrogens with zero attached hydrogens (tertiary/aromatic N) is 4. The van der Waals surface area contributed by atoms with Crippen LogP contribution in [0, 0.1) is 11.6 Å². The van der Waals surface area contributed by atoms with Gasteiger partial charge in [0, 0.05) is 25.3 Å². The predicted molar refractivity (Wildman–Crippen MR) is 167 cm³/mol. The Hall–Kier alpha value is -4.48. The maximum absolute atomic E-state index is 14.1. The van der Waals surface area contributed by atoms with E-state index in [4.69, 9.17) is 4.74 Å². The second kappa shape index (κ2) is 13.4. The van der Waals surface area contributed by atoms with Gasteiger partial charge < -0.3 is 19.9 Å². The molecule has 0 spiro atoms. The monoisotopic (exact) mass is 706 g/mol. The summed E-state index contributed by atoms with van der Waals surface area (Å²) in [5.41, 5.74) is 0.225. The number of nitrogens with one attached hydrogen (secondary N) is 2. The molecule has 0 bridgehead atoms. The molecule has 6 rings (SSSR count). The lowest BCUT2D eigenvalue weighted by Crippen LogP contribution is -2.50. The smallest absolute Gasteiger partial charge is 0.381 e. The molecule has 11 nitrogen and oxygen atoms in total. The number of likely N-dealkylation sites (tertiary alicyclic amines) is 1. The van der Waals surface area contributed by atoms with Crippen LogP contribution < -0.4 is 10.2 Å². The van der Waals surface area contributed by atoms with Crippen molar-refractivity contribution < 1.29 is 44.7 Å². The highest BCUT2D eigenvalue weighted by molar-refractivity contribution is 7.91. The zero-order valence-electron chi connectivity index (χ0n) is 26.1. The molecule has 0 atom stereocenters. The summed E-state index contributed by atoms with van der Waals surface area (Å²) >= 11 is 0. The Morgan fingerprint density at radius 3 is 2.31 bits per heavy atom. The molecule has 49 heavy (non-hydrogen) atoms. The van der Waals surface area contributed by atoms with Gasteiger partial charge >= 0.3 is 12.1 Å². The van der Waals surface area contributed by atoms with Crippen molar-refractivity contribution in [1.82, 2.24) is 20.1 Å². The van der Waals surface area contributed by atoms with Gasteiger partial charge in [-0.2, -0.15) is 18.3 Å². The van der Waals surface area contributed by atoms with Gasteiger partial charge in [0.1, 0.15) is 17.2 Å². The lowest BCUT2D eigenvalue weighted by Gasteiger charge is -2.36. The molecule has 2 aliphatic rings. The molecular formula is C32H31F5N6O5S. The Morgan fingerprint density at radius 1 is 0.980 bits per heavy atom. The van der Waals surface area contributed by atoms with Crippen molar-refractivity contribution in [2.75, 3.05) is 43.6 Å². The van der Waals surface area contributed by atoms with Crippen LogP contribution in [0.25, 0.3) is 11.0 Å². The van der Waals surface area contributed by atoms with Gasteiger partial charge in [0.15, 0.2) is 10.8 Å². The predicted octanol–water partition coefficient (Wildman–Crippen LogP) is 5.20. The average molecular weight is 707 g/mol. The Balaban J connectivity index is 1.40. The Labute approximate surface area is 277 Å². The number of hydrogen-bond acceptors (Lipinski definition) is 8. The summed E-state index contributed by atoms with van der Waals surface area (Å²) in [6.07, 6.45) is -3.57. The van der Waals surface area contributed by atoms with Gasteiger partial charge in [-0.1, -0.05) is 6.07 Å². The molecule has 2 N–H and O–H groups in total. The standard InChI is InChI=1S/C32H31F5N6O5S/c1-42-10-6-18(7-11-42)19-2-3-24(26(14-19)43(31(45)32(35,36)37)22-8-12-48-13-9-22)30(44)39-29-28-25(40-41-29)4-5-27(38-28)49(46,47)23-16-20(33)15-21(34)17-23/h2-5,14-18,22H,6-13H2,1H3,(H2,39,40,41,44). The molecule has 0 radical (unpaired) electrons. The van der Waals surface area contributed by atoms with E-state index in [1.807, 2.05) is 7.05 Å². The molecule has 2 amide bonds. The molecule has 4 aromatic rings. The van der Waals surface area contributed by atoms with E-state index in [1.54, 1.807) is 6.07 Å². The van der Waals surface area contributed by atoms with E-state index in [0.29, 0.717) is 28.7 Å². The van der Waals surface area contributed by atoms with Crippen molar-refractivity contribution in [1.29, 1.82) is 0 Å². The largest absolute Gasteiger partial charge is 0.471 e. The molecular weight excluding hydrogens is 675 g/mol. The molecule has 2 fully saturated rings. The summed E-state index contributed by atoms with van der Waals surface area (Å²) in [6.45, 7) is 1.78. The quantitative estimate of drug-likeness (QED) is 0.250. The first-order chi connectivity index (χ1) is 23.2. The first-order valence-electron chi connectivity index (χ1n) is 15.4. The van der Waals surface area contributed by atoms with Crippen molar-refractivity contribution in [3.05, 3.63) is 71.3 Å². The number of aromatic amines is 1. The maximum Gasteiger partial charge on any atom is 0.471 e. The van der Waals surface area contributed by atoms with Crippen molar-refractivity contribution in [3.8, 4) is 0 Å². The third-order valence-electron chi connectivity index (χ3n) is 8.77. The summed E-state index contributed by atoms with van der Waals surface area (Å²) in [6, 6.07) is 7.71. The number of fused-ring (bicyclic) bond motifs is 1. The third kappa shape index (κ3) is 7.14. The zero-order valence-corrected chi connectivity index (χ0v) is 26.9. The number of sulfone groups is 1. The van der Waals surface area contributed by atoms with E-state index >= 15 is 0 Å². The highest BCUT2D eigenvalue weighted by atomic mass is 32.2. The number of H-pyrrole nitrogens is 1. The third-order valence-corrected chi connectivity index (χ3v) is 10.4. The summed E-state index contributed by atoms with van der Waals surface area (Å²) in [5, 5.41) is 8.48. The second-order valence-electron chi connectivity index (χ2n) is 12.1. The molecule has 2 aliphatic heterocycles. The minimum atomic E-state index is -5.25. The number of rotatable bonds is 7. The van der Waals surface area contributed by atoms with Crippen molar-refractivity contribution in [2.45, 2.75) is 53.7 Å². The van der Waals surface area contributed by atoms with Gasteiger partial charge in [-0.05, 0) is 93.7 Å². The minimum absolute atomic E-state index is 0.0176. The van der Waals surface area contributed by atoms with Crippen molar-refractivity contribution in [3.63, 3.8) is 0 Å². The molecule has 0 unspecified atom stereocenters. The SMILES string of the molecule is CN1CCC(c2ccc(C(=O)Nc3n[nH]c4ccc(S(=O)(=O)c5cc(F)cc(F)c5)nc34)c(N(C(=O)C(F)(F)F)C3CCOCC3)c2)CC1. The summed E-state index contributed by atoms with van der Waals surface area (Å²) in [5.74, 6) is -5.58. The molecule has 17 heteroatoms. The number of carbonyl (C=O) groups is 2. The Kier molecular flexibility index (Phi) is 9.43. The van der Waals surface area contributed by atoms with Gasteiger partial charge in [-0.15, -0.1) is 0 Å². The van der Waals surface area contributed by atoms with E-state index < -0.39 is 55.4 Å². The van der Waals surface area contributed by atoms with Gasteiger partial charge in [0.05, 0.1) is 21.7 Å². The number of benzene rings is 2. The Morgan fingerprint density at radius 2 is 1.65 bits per heavy atom. The lowest BCUT2D eigenvalue weighted by atomic mass is 9.88. The zero-order chi connectivity index (χ0) is 35.1. The Bertz CT molecular complexity index is 1990. The first kappa shape index (κ1) is 34.4. The fourth-order valence-corrected chi connectivity index (χ4v) is 7.42. The first-order valence-corrected chi connectivity index (χ1v) is 16.9. The average Bonchev–Trinajstić information content (AvgIpc) is 3.46. The van der Waals surface area contributed by atoms with Gasteiger partial charge in [0.2, 0.25) is 9.84 Å². The van der Waals surface area contributed by atoms with Crippen LogP contribution in [0.4, 0.5) is 33.5 Å². The maximum atomic E-state index is 14.1. The highest BCUT2D eigenvalue weighted by Gasteiger charge is 2.46. The number of aromatic nitrogens is 3. The second-order valence-corrected chi connectivity index (χ2v) is 13.9. The molecule has 0 aliphatic carbocycles. The van der Waals surface area contributed by atoms with Gasteiger partial charge in [-0.25, -0.2) is 22.2 Å². The number of hydrogen-bond donors (Lipinski definition) is 2. The molecule has 2 aromatic carbocycles. The van der Waals surface area contributed by atoms with E-state index in [-0.39, 0.29) is 60.1 Å². The van der Waals surface area contributed by atoms with Crippen LogP contribution in [0.15, 0.2) is 58.5 Å². The number of pyridine rings is 1. The van der Waals surface area contributed by atoms with Gasteiger partial charge in [-0.3, -0.25) is 14.7 Å². The number of halogens is 5. The highest BCUT2D eigenvalue weighted by Crippen LogP contribution is 2.37. The normalized spacial score (nSPS) is 16.9. The van der Waals surface area contributed by atoms with Crippen molar-refractivity contribution in [2.24, 2.45) is 0 Å². The lowest BCUT2D eigenvalue weighted by molar-refractivity contribution is -0.171. The number of piperidine rings is 1. The summed E-state index contributed by atoms with van der Waals surface area (Å²) < 4.78 is 102. The van der Waals surface area contributed by atoms with Crippen LogP contribution >= 0.6 is 0 Å². The number of carbonyl (C=O) groups excluding carboxylic acids is 2. The van der Waals surface area contributed by atoms with Crippen LogP contribution in [0.1, 0.15) is 47.5 Å². The van der Waals surface area contributed by atoms with E-state index in [9.17, 15) is 40.0 Å². The summed E-state index contributed by atoms with van der Waals surface area (Å²) in [4.78, 5) is 33.1. The molecule has 0 saturated carbocycles. The molecule has 2 saturated heterocycles. The van der Waals surface area contributed by atoms with Crippen LogP contribution in [0.3, 0.4) is 0 Å². The van der Waals surface area contributed by atoms with Crippen molar-refractivity contribution >= 4 is 44.2 Å². The van der Waals surface area contributed by atoms with E-state index in [1.165, 1.54) is 18.2 Å². The minimum Gasteiger partial charge on any atom is -0.381 e. The van der Waals surface area contributed by atoms with Crippen LogP contribution in [-0.2, 0) is 19.4 Å².